The van der Waals surface area contributed by atoms with E-state index >= 15 is 0 Å². The van der Waals surface area contributed by atoms with Crippen molar-refractivity contribution < 1.29 is 4.74 Å². The predicted molar refractivity (Wildman–Crippen MR) is 98.7 cm³/mol. The maximum Gasteiger partial charge on any atom is 0.244 e. The lowest BCUT2D eigenvalue weighted by atomic mass is 10.1. The Morgan fingerprint density at radius 2 is 1.88 bits per heavy atom. The largest absolute Gasteiger partial charge is 0.496 e. The van der Waals surface area contributed by atoms with E-state index in [0.717, 1.165) is 11.3 Å². The van der Waals surface area contributed by atoms with Gasteiger partial charge in [0, 0.05) is 18.7 Å². The van der Waals surface area contributed by atoms with Crippen molar-refractivity contribution in [2.75, 3.05) is 17.7 Å². The standard InChI is InChI=1S/C19H21N5O/c1-14-6-5-7-15(10-14)11-21-19-23-18(13-22-24-19)20-12-16-8-3-4-9-17(16)25-2/h3-10,13H,11-12H2,1-2H3,(H2,20,21,23,24). The molecule has 1 aromatic heterocycles. The highest BCUT2D eigenvalue weighted by Crippen LogP contribution is 2.18. The first-order chi connectivity index (χ1) is 12.2. The highest BCUT2D eigenvalue weighted by Gasteiger charge is 2.04. The van der Waals surface area contributed by atoms with Crippen LogP contribution in [0.25, 0.3) is 0 Å². The molecule has 0 spiro atoms. The maximum absolute atomic E-state index is 5.35. The minimum absolute atomic E-state index is 0.492. The van der Waals surface area contributed by atoms with Crippen LogP contribution in [-0.2, 0) is 13.1 Å². The molecule has 1 heterocycles. The average Bonchev–Trinajstić information content (AvgIpc) is 2.65. The number of para-hydroxylation sites is 1. The Balaban J connectivity index is 1.61. The summed E-state index contributed by atoms with van der Waals surface area (Å²) in [6.07, 6.45) is 1.60. The zero-order chi connectivity index (χ0) is 17.5. The van der Waals surface area contributed by atoms with Crippen molar-refractivity contribution in [1.29, 1.82) is 0 Å². The molecule has 0 aliphatic rings. The molecular formula is C19H21N5O. The van der Waals surface area contributed by atoms with Crippen LogP contribution >= 0.6 is 0 Å². The summed E-state index contributed by atoms with van der Waals surface area (Å²) in [6.45, 7) is 3.32. The van der Waals surface area contributed by atoms with Crippen molar-refractivity contribution in [2.45, 2.75) is 20.0 Å². The van der Waals surface area contributed by atoms with Crippen molar-refractivity contribution in [3.63, 3.8) is 0 Å². The Kier molecular flexibility index (Phi) is 5.41. The van der Waals surface area contributed by atoms with Crippen LogP contribution in [0.5, 0.6) is 5.75 Å². The van der Waals surface area contributed by atoms with Crippen molar-refractivity contribution in [1.82, 2.24) is 15.2 Å². The molecule has 6 nitrogen and oxygen atoms in total. The molecule has 0 saturated carbocycles. The Bertz CT molecular complexity index is 837. The Labute approximate surface area is 147 Å². The molecule has 0 atom stereocenters. The molecule has 0 saturated heterocycles. The van der Waals surface area contributed by atoms with Gasteiger partial charge in [0.1, 0.15) is 5.75 Å². The number of anilines is 2. The van der Waals surface area contributed by atoms with E-state index in [1.165, 1.54) is 11.1 Å². The molecule has 0 amide bonds. The Hall–Kier alpha value is -3.15. The van der Waals surface area contributed by atoms with E-state index < -0.39 is 0 Å². The van der Waals surface area contributed by atoms with Crippen LogP contribution in [-0.4, -0.2) is 22.3 Å². The van der Waals surface area contributed by atoms with Crippen LogP contribution < -0.4 is 15.4 Å². The molecule has 3 rings (SSSR count). The van der Waals surface area contributed by atoms with E-state index in [1.54, 1.807) is 13.3 Å². The van der Waals surface area contributed by atoms with Gasteiger partial charge in [-0.15, -0.1) is 5.10 Å². The molecule has 0 aliphatic carbocycles. The van der Waals surface area contributed by atoms with Gasteiger partial charge in [0.15, 0.2) is 5.82 Å². The summed E-state index contributed by atoms with van der Waals surface area (Å²) in [7, 11) is 1.67. The summed E-state index contributed by atoms with van der Waals surface area (Å²) >= 11 is 0. The normalized spacial score (nSPS) is 10.3. The molecule has 0 aliphatic heterocycles. The number of nitrogens with one attached hydrogen (secondary N) is 2. The van der Waals surface area contributed by atoms with Crippen LogP contribution in [0.15, 0.2) is 54.7 Å². The molecule has 0 radical (unpaired) electrons. The van der Waals surface area contributed by atoms with E-state index in [9.17, 15) is 0 Å². The topological polar surface area (TPSA) is 72.0 Å². The zero-order valence-electron chi connectivity index (χ0n) is 14.4. The third kappa shape index (κ3) is 4.67. The molecule has 128 valence electrons. The number of aromatic nitrogens is 3. The van der Waals surface area contributed by atoms with E-state index in [4.69, 9.17) is 4.74 Å². The molecule has 0 bridgehead atoms. The second-order valence-electron chi connectivity index (χ2n) is 5.67. The predicted octanol–water partition coefficient (Wildman–Crippen LogP) is 3.41. The lowest BCUT2D eigenvalue weighted by Crippen LogP contribution is -2.08. The van der Waals surface area contributed by atoms with Gasteiger partial charge in [-0.25, -0.2) is 0 Å². The van der Waals surface area contributed by atoms with E-state index in [0.29, 0.717) is 24.9 Å². The highest BCUT2D eigenvalue weighted by atomic mass is 16.5. The average molecular weight is 335 g/mol. The summed E-state index contributed by atoms with van der Waals surface area (Å²) in [5, 5.41) is 14.5. The molecular weight excluding hydrogens is 314 g/mol. The molecule has 0 unspecified atom stereocenters. The molecule has 3 aromatic rings. The number of hydrogen-bond donors (Lipinski definition) is 2. The van der Waals surface area contributed by atoms with Crippen molar-refractivity contribution in [3.05, 3.63) is 71.4 Å². The van der Waals surface area contributed by atoms with Crippen molar-refractivity contribution in [2.24, 2.45) is 0 Å². The third-order valence-electron chi connectivity index (χ3n) is 3.74. The number of rotatable bonds is 7. The van der Waals surface area contributed by atoms with E-state index in [-0.39, 0.29) is 0 Å². The van der Waals surface area contributed by atoms with Gasteiger partial charge >= 0.3 is 0 Å². The number of benzene rings is 2. The lowest BCUT2D eigenvalue weighted by Gasteiger charge is -2.10. The highest BCUT2D eigenvalue weighted by molar-refractivity contribution is 5.41. The quantitative estimate of drug-likeness (QED) is 0.689. The maximum atomic E-state index is 5.35. The second kappa shape index (κ2) is 8.10. The second-order valence-corrected chi connectivity index (χ2v) is 5.67. The van der Waals surface area contributed by atoms with E-state index in [1.807, 2.05) is 30.3 Å². The summed E-state index contributed by atoms with van der Waals surface area (Å²) in [6, 6.07) is 16.2. The fourth-order valence-electron chi connectivity index (χ4n) is 2.50. The van der Waals surface area contributed by atoms with Gasteiger partial charge in [-0.1, -0.05) is 48.0 Å². The molecule has 6 heteroatoms. The number of hydrogen-bond acceptors (Lipinski definition) is 6. The molecule has 2 aromatic carbocycles. The van der Waals surface area contributed by atoms with Gasteiger partial charge in [-0.2, -0.15) is 10.1 Å². The summed E-state index contributed by atoms with van der Waals surface area (Å²) in [5.41, 5.74) is 3.46. The smallest absolute Gasteiger partial charge is 0.244 e. The SMILES string of the molecule is COc1ccccc1CNc1cnnc(NCc2cccc(C)c2)n1. The van der Waals surface area contributed by atoms with Crippen LogP contribution in [0.1, 0.15) is 16.7 Å². The van der Waals surface area contributed by atoms with Crippen molar-refractivity contribution in [3.8, 4) is 5.75 Å². The first-order valence-corrected chi connectivity index (χ1v) is 8.09. The number of methoxy groups -OCH3 is 1. The van der Waals surface area contributed by atoms with Crippen LogP contribution in [0.3, 0.4) is 0 Å². The number of ether oxygens (including phenoxy) is 1. The van der Waals surface area contributed by atoms with Gasteiger partial charge in [0.05, 0.1) is 13.3 Å². The fraction of sp³-hybridized carbons (Fsp3) is 0.211. The van der Waals surface area contributed by atoms with Gasteiger partial charge in [0.25, 0.3) is 0 Å². The molecule has 25 heavy (non-hydrogen) atoms. The van der Waals surface area contributed by atoms with Gasteiger partial charge in [-0.05, 0) is 18.6 Å². The van der Waals surface area contributed by atoms with Gasteiger partial charge in [-0.3, -0.25) is 0 Å². The summed E-state index contributed by atoms with van der Waals surface area (Å²) < 4.78 is 5.35. The van der Waals surface area contributed by atoms with E-state index in [2.05, 4.69) is 50.9 Å². The summed E-state index contributed by atoms with van der Waals surface area (Å²) in [4.78, 5) is 4.44. The van der Waals surface area contributed by atoms with Gasteiger partial charge < -0.3 is 15.4 Å². The Morgan fingerprint density at radius 1 is 1.00 bits per heavy atom. The van der Waals surface area contributed by atoms with Crippen LogP contribution in [0.4, 0.5) is 11.8 Å². The van der Waals surface area contributed by atoms with Crippen molar-refractivity contribution >= 4 is 11.8 Å². The molecule has 2 N–H and O–H groups in total. The first-order valence-electron chi connectivity index (χ1n) is 8.09. The number of nitrogens with zero attached hydrogens (tertiary/aromatic N) is 3. The monoisotopic (exact) mass is 335 g/mol. The lowest BCUT2D eigenvalue weighted by molar-refractivity contribution is 0.410. The molecule has 0 fully saturated rings. The fourth-order valence-corrected chi connectivity index (χ4v) is 2.50. The number of aryl methyl sites for hydroxylation is 1. The first kappa shape index (κ1) is 16.7. The Morgan fingerprint density at radius 3 is 2.72 bits per heavy atom. The van der Waals surface area contributed by atoms with Crippen LogP contribution in [0, 0.1) is 6.92 Å². The zero-order valence-corrected chi connectivity index (χ0v) is 14.4. The van der Waals surface area contributed by atoms with Gasteiger partial charge in [0.2, 0.25) is 5.95 Å². The van der Waals surface area contributed by atoms with Crippen LogP contribution in [0.2, 0.25) is 0 Å². The minimum Gasteiger partial charge on any atom is -0.496 e. The summed E-state index contributed by atoms with van der Waals surface area (Å²) in [5.74, 6) is 1.99. The minimum atomic E-state index is 0.492. The third-order valence-corrected chi connectivity index (χ3v) is 3.74.